The summed E-state index contributed by atoms with van der Waals surface area (Å²) in [5.74, 6) is 1.00. The molecule has 0 radical (unpaired) electrons. The van der Waals surface area contributed by atoms with Crippen LogP contribution in [0.4, 0.5) is 0 Å². The van der Waals surface area contributed by atoms with E-state index in [0.29, 0.717) is 6.04 Å². The molecule has 1 aliphatic rings. The molecule has 2 aromatic rings. The van der Waals surface area contributed by atoms with Gasteiger partial charge in [0, 0.05) is 10.9 Å². The van der Waals surface area contributed by atoms with Gasteiger partial charge in [-0.15, -0.1) is 11.3 Å². The van der Waals surface area contributed by atoms with Gasteiger partial charge >= 0.3 is 0 Å². The van der Waals surface area contributed by atoms with E-state index in [4.69, 9.17) is 12.2 Å². The summed E-state index contributed by atoms with van der Waals surface area (Å²) in [6.07, 6.45) is 2.45. The molecule has 15 heavy (non-hydrogen) atoms. The topological polar surface area (TPSA) is 33.6 Å². The van der Waals surface area contributed by atoms with Gasteiger partial charge in [0.05, 0.1) is 4.88 Å². The fourth-order valence-electron chi connectivity index (χ4n) is 1.70. The number of hydrogen-bond donors (Lipinski definition) is 1. The van der Waals surface area contributed by atoms with E-state index < -0.39 is 0 Å². The van der Waals surface area contributed by atoms with Crippen molar-refractivity contribution in [3.05, 3.63) is 21.8 Å². The summed E-state index contributed by atoms with van der Waals surface area (Å²) in [6.45, 7) is 2.11. The molecule has 1 aliphatic carbocycles. The predicted molar refractivity (Wildman–Crippen MR) is 63.7 cm³/mol. The standard InChI is InChI=1S/C10H11N3S2/c1-6-2-5-8(15-6)9-11-12-10(14)13(9)7-3-4-7/h2,5,7H,3-4H2,1H3,(H,12,14). The Labute approximate surface area is 96.8 Å². The number of thiophene rings is 1. The Bertz CT molecular complexity index is 545. The molecule has 2 aromatic heterocycles. The van der Waals surface area contributed by atoms with E-state index in [1.807, 2.05) is 0 Å². The number of nitrogens with zero attached hydrogens (tertiary/aromatic N) is 2. The molecule has 0 bridgehead atoms. The molecule has 5 heteroatoms. The summed E-state index contributed by atoms with van der Waals surface area (Å²) >= 11 is 7.01. The minimum atomic E-state index is 0.577. The number of H-pyrrole nitrogens is 1. The molecule has 0 atom stereocenters. The molecule has 2 heterocycles. The number of aromatic nitrogens is 3. The van der Waals surface area contributed by atoms with E-state index in [1.54, 1.807) is 11.3 Å². The van der Waals surface area contributed by atoms with Gasteiger partial charge in [-0.1, -0.05) is 0 Å². The van der Waals surface area contributed by atoms with Crippen LogP contribution < -0.4 is 0 Å². The zero-order valence-corrected chi connectivity index (χ0v) is 9.99. The van der Waals surface area contributed by atoms with Crippen LogP contribution in [-0.2, 0) is 0 Å². The third kappa shape index (κ3) is 1.55. The van der Waals surface area contributed by atoms with E-state index in [1.165, 1.54) is 22.6 Å². The molecule has 0 spiro atoms. The highest BCUT2D eigenvalue weighted by Crippen LogP contribution is 2.39. The van der Waals surface area contributed by atoms with Crippen molar-refractivity contribution in [2.24, 2.45) is 0 Å². The lowest BCUT2D eigenvalue weighted by Crippen LogP contribution is -1.95. The van der Waals surface area contributed by atoms with E-state index >= 15 is 0 Å². The zero-order valence-electron chi connectivity index (χ0n) is 8.36. The summed E-state index contributed by atoms with van der Waals surface area (Å²) in [5.41, 5.74) is 0. The minimum absolute atomic E-state index is 0.577. The number of nitrogens with one attached hydrogen (secondary N) is 1. The van der Waals surface area contributed by atoms with E-state index in [0.717, 1.165) is 10.6 Å². The van der Waals surface area contributed by atoms with Gasteiger partial charge in [-0.25, -0.2) is 0 Å². The molecule has 78 valence electrons. The van der Waals surface area contributed by atoms with Gasteiger partial charge < -0.3 is 0 Å². The summed E-state index contributed by atoms with van der Waals surface area (Å²) < 4.78 is 2.90. The van der Waals surface area contributed by atoms with Crippen molar-refractivity contribution in [3.8, 4) is 10.7 Å². The fraction of sp³-hybridized carbons (Fsp3) is 0.400. The molecule has 0 aromatic carbocycles. The normalized spacial score (nSPS) is 15.8. The van der Waals surface area contributed by atoms with Gasteiger partial charge in [-0.2, -0.15) is 5.10 Å². The first-order valence-corrected chi connectivity index (χ1v) is 6.22. The minimum Gasteiger partial charge on any atom is -0.296 e. The Morgan fingerprint density at radius 3 is 2.93 bits per heavy atom. The number of rotatable bonds is 2. The van der Waals surface area contributed by atoms with Crippen LogP contribution in [0.25, 0.3) is 10.7 Å². The molecule has 3 nitrogen and oxygen atoms in total. The molecule has 0 saturated heterocycles. The van der Waals surface area contributed by atoms with Crippen molar-refractivity contribution in [2.75, 3.05) is 0 Å². The van der Waals surface area contributed by atoms with Crippen LogP contribution in [0.1, 0.15) is 23.8 Å². The predicted octanol–water partition coefficient (Wildman–Crippen LogP) is 3.31. The summed E-state index contributed by atoms with van der Waals surface area (Å²) in [4.78, 5) is 2.51. The van der Waals surface area contributed by atoms with Crippen LogP contribution in [0.3, 0.4) is 0 Å². The molecule has 0 amide bonds. The number of hydrogen-bond acceptors (Lipinski definition) is 3. The second-order valence-corrected chi connectivity index (χ2v) is 5.54. The monoisotopic (exact) mass is 237 g/mol. The molecule has 1 fully saturated rings. The van der Waals surface area contributed by atoms with E-state index in [2.05, 4.69) is 33.8 Å². The molecule has 1 saturated carbocycles. The maximum Gasteiger partial charge on any atom is 0.195 e. The lowest BCUT2D eigenvalue weighted by Gasteiger charge is -2.01. The van der Waals surface area contributed by atoms with Crippen LogP contribution in [0.2, 0.25) is 0 Å². The fourth-order valence-corrected chi connectivity index (χ4v) is 2.84. The first kappa shape index (κ1) is 9.30. The average molecular weight is 237 g/mol. The van der Waals surface area contributed by atoms with Crippen LogP contribution >= 0.6 is 23.6 Å². The zero-order chi connectivity index (χ0) is 10.4. The largest absolute Gasteiger partial charge is 0.296 e. The maximum atomic E-state index is 5.25. The van der Waals surface area contributed by atoms with Crippen LogP contribution in [0.5, 0.6) is 0 Å². The summed E-state index contributed by atoms with van der Waals surface area (Å²) in [6, 6.07) is 4.81. The molecule has 0 aliphatic heterocycles. The van der Waals surface area contributed by atoms with Crippen molar-refractivity contribution in [1.82, 2.24) is 14.8 Å². The quantitative estimate of drug-likeness (QED) is 0.813. The summed E-state index contributed by atoms with van der Waals surface area (Å²) in [5, 5.41) is 7.21. The van der Waals surface area contributed by atoms with Crippen molar-refractivity contribution < 1.29 is 0 Å². The summed E-state index contributed by atoms with van der Waals surface area (Å²) in [7, 11) is 0. The van der Waals surface area contributed by atoms with E-state index in [9.17, 15) is 0 Å². The number of aryl methyl sites for hydroxylation is 1. The van der Waals surface area contributed by atoms with Gasteiger partial charge in [0.1, 0.15) is 0 Å². The number of aromatic amines is 1. The van der Waals surface area contributed by atoms with E-state index in [-0.39, 0.29) is 0 Å². The highest BCUT2D eigenvalue weighted by atomic mass is 32.1. The van der Waals surface area contributed by atoms with Crippen molar-refractivity contribution in [2.45, 2.75) is 25.8 Å². The molecular weight excluding hydrogens is 226 g/mol. The lowest BCUT2D eigenvalue weighted by atomic mass is 10.4. The van der Waals surface area contributed by atoms with Gasteiger partial charge in [-0.3, -0.25) is 9.67 Å². The second-order valence-electron chi connectivity index (χ2n) is 3.86. The molecule has 3 rings (SSSR count). The Morgan fingerprint density at radius 1 is 1.53 bits per heavy atom. The van der Waals surface area contributed by atoms with Crippen LogP contribution in [0, 0.1) is 11.7 Å². The van der Waals surface area contributed by atoms with Crippen LogP contribution in [0.15, 0.2) is 12.1 Å². The lowest BCUT2D eigenvalue weighted by molar-refractivity contribution is 0.736. The van der Waals surface area contributed by atoms with Crippen molar-refractivity contribution in [3.63, 3.8) is 0 Å². The Kier molecular flexibility index (Phi) is 2.03. The van der Waals surface area contributed by atoms with Gasteiger partial charge in [0.2, 0.25) is 0 Å². The van der Waals surface area contributed by atoms with Crippen LogP contribution in [-0.4, -0.2) is 14.8 Å². The first-order chi connectivity index (χ1) is 7.25. The van der Waals surface area contributed by atoms with Gasteiger partial charge in [-0.05, 0) is 44.1 Å². The maximum absolute atomic E-state index is 5.25. The average Bonchev–Trinajstić information content (AvgIpc) is 2.84. The van der Waals surface area contributed by atoms with Crippen molar-refractivity contribution >= 4 is 23.6 Å². The Hall–Kier alpha value is -0.940. The smallest absolute Gasteiger partial charge is 0.195 e. The molecule has 1 N–H and O–H groups in total. The third-order valence-electron chi connectivity index (χ3n) is 2.58. The third-order valence-corrected chi connectivity index (χ3v) is 3.86. The highest BCUT2D eigenvalue weighted by Gasteiger charge is 2.27. The first-order valence-electron chi connectivity index (χ1n) is 4.99. The second kappa shape index (κ2) is 3.28. The van der Waals surface area contributed by atoms with Crippen molar-refractivity contribution in [1.29, 1.82) is 0 Å². The highest BCUT2D eigenvalue weighted by molar-refractivity contribution is 7.71. The SMILES string of the molecule is Cc1ccc(-c2n[nH]c(=S)n2C2CC2)s1. The molecular formula is C10H11N3S2. The van der Waals surface area contributed by atoms with Gasteiger partial charge in [0.15, 0.2) is 10.6 Å². The van der Waals surface area contributed by atoms with Gasteiger partial charge in [0.25, 0.3) is 0 Å². The Morgan fingerprint density at radius 2 is 2.33 bits per heavy atom. The Balaban J connectivity index is 2.15. The molecule has 0 unspecified atom stereocenters.